The van der Waals surface area contributed by atoms with Crippen LogP contribution in [-0.2, 0) is 6.61 Å². The van der Waals surface area contributed by atoms with Crippen LogP contribution >= 0.6 is 27.5 Å². The molecule has 0 radical (unpaired) electrons. The molecule has 1 amide bonds. The van der Waals surface area contributed by atoms with Crippen LogP contribution in [0.4, 0.5) is 5.69 Å². The molecule has 0 unspecified atom stereocenters. The third-order valence-corrected chi connectivity index (χ3v) is 4.67. The summed E-state index contributed by atoms with van der Waals surface area (Å²) in [5.74, 6) is 1.33. The molecule has 0 saturated carbocycles. The Morgan fingerprint density at radius 2 is 2.04 bits per heavy atom. The molecule has 1 heterocycles. The maximum absolute atomic E-state index is 12.5. The summed E-state index contributed by atoms with van der Waals surface area (Å²) in [6.07, 6.45) is 0. The second-order valence-electron chi connectivity index (χ2n) is 5.42. The van der Waals surface area contributed by atoms with E-state index < -0.39 is 0 Å². The quantitative estimate of drug-likeness (QED) is 0.582. The lowest BCUT2D eigenvalue weighted by molar-refractivity contribution is 0.102. The molecule has 3 aromatic rings. The van der Waals surface area contributed by atoms with E-state index >= 15 is 0 Å². The van der Waals surface area contributed by atoms with Crippen LogP contribution in [0.25, 0.3) is 11.3 Å². The summed E-state index contributed by atoms with van der Waals surface area (Å²) >= 11 is 9.60. The van der Waals surface area contributed by atoms with Crippen molar-refractivity contribution in [1.82, 2.24) is 0 Å². The lowest BCUT2D eigenvalue weighted by Gasteiger charge is -2.09. The molecular weight excluding hydrogens is 422 g/mol. The average Bonchev–Trinajstić information content (AvgIpc) is 3.12. The number of ether oxygens (including phenoxy) is 1. The highest BCUT2D eigenvalue weighted by atomic mass is 79.9. The first-order valence-corrected chi connectivity index (χ1v) is 8.83. The maximum atomic E-state index is 12.5. The van der Waals surface area contributed by atoms with Gasteiger partial charge in [-0.2, -0.15) is 0 Å². The molecule has 0 spiro atoms. The Labute approximate surface area is 163 Å². The van der Waals surface area contributed by atoms with E-state index in [2.05, 4.69) is 21.2 Å². The van der Waals surface area contributed by atoms with Gasteiger partial charge in [0.15, 0.2) is 0 Å². The number of hydrogen-bond acceptors (Lipinski definition) is 4. The second-order valence-corrected chi connectivity index (χ2v) is 6.68. The number of aliphatic hydroxyl groups is 1. The first kappa shape index (κ1) is 18.5. The van der Waals surface area contributed by atoms with Crippen molar-refractivity contribution in [2.45, 2.75) is 6.61 Å². The van der Waals surface area contributed by atoms with Crippen molar-refractivity contribution in [2.75, 3.05) is 12.4 Å². The smallest absolute Gasteiger partial charge is 0.255 e. The number of anilines is 1. The minimum absolute atomic E-state index is 0.194. The van der Waals surface area contributed by atoms with E-state index in [1.165, 1.54) is 0 Å². The Hall–Kier alpha value is -2.28. The SMILES string of the molecule is COc1ccc(C(=O)Nc2ccc(Cl)c(-c3ccc(CO)o3)c2)cc1Br. The summed E-state index contributed by atoms with van der Waals surface area (Å²) < 4.78 is 11.4. The number of furan rings is 1. The van der Waals surface area contributed by atoms with Gasteiger partial charge in [0.25, 0.3) is 5.91 Å². The number of aliphatic hydroxyl groups excluding tert-OH is 1. The topological polar surface area (TPSA) is 71.7 Å². The Kier molecular flexibility index (Phi) is 5.66. The van der Waals surface area contributed by atoms with E-state index in [1.807, 2.05) is 0 Å². The van der Waals surface area contributed by atoms with Crippen LogP contribution in [0.2, 0.25) is 5.02 Å². The highest BCUT2D eigenvalue weighted by Crippen LogP contribution is 2.32. The molecule has 1 aromatic heterocycles. The third kappa shape index (κ3) is 3.93. The number of amides is 1. The van der Waals surface area contributed by atoms with E-state index in [0.717, 1.165) is 0 Å². The van der Waals surface area contributed by atoms with Crippen molar-refractivity contribution in [2.24, 2.45) is 0 Å². The molecule has 26 heavy (non-hydrogen) atoms. The summed E-state index contributed by atoms with van der Waals surface area (Å²) in [4.78, 5) is 12.5. The molecule has 0 saturated heterocycles. The standard InChI is InChI=1S/C19H15BrClNO4/c1-25-18-6-2-11(8-15(18)20)19(24)22-12-3-5-16(21)14(9-12)17-7-4-13(10-23)26-17/h2-9,23H,10H2,1H3,(H,22,24). The summed E-state index contributed by atoms with van der Waals surface area (Å²) in [6.45, 7) is -0.194. The first-order valence-electron chi connectivity index (χ1n) is 7.66. The molecule has 2 aromatic carbocycles. The second kappa shape index (κ2) is 7.95. The number of carbonyl (C=O) groups excluding carboxylic acids is 1. The molecule has 7 heteroatoms. The molecular formula is C19H15BrClNO4. The predicted octanol–water partition coefficient (Wildman–Crippen LogP) is 5.12. The fourth-order valence-electron chi connectivity index (χ4n) is 2.41. The van der Waals surface area contributed by atoms with Gasteiger partial charge >= 0.3 is 0 Å². The van der Waals surface area contributed by atoms with Crippen molar-refractivity contribution in [1.29, 1.82) is 0 Å². The Morgan fingerprint density at radius 3 is 2.69 bits per heavy atom. The lowest BCUT2D eigenvalue weighted by Crippen LogP contribution is -2.12. The number of nitrogens with one attached hydrogen (secondary N) is 1. The van der Waals surface area contributed by atoms with Crippen LogP contribution in [-0.4, -0.2) is 18.1 Å². The van der Waals surface area contributed by atoms with Gasteiger partial charge in [0.05, 0.1) is 16.6 Å². The van der Waals surface area contributed by atoms with Crippen LogP contribution in [0.3, 0.4) is 0 Å². The van der Waals surface area contributed by atoms with Crippen molar-refractivity contribution < 1.29 is 19.1 Å². The summed E-state index contributed by atoms with van der Waals surface area (Å²) in [5.41, 5.74) is 1.68. The Balaban J connectivity index is 1.85. The number of halogens is 2. The molecule has 134 valence electrons. The predicted molar refractivity (Wildman–Crippen MR) is 104 cm³/mol. The van der Waals surface area contributed by atoms with Crippen LogP contribution < -0.4 is 10.1 Å². The van der Waals surface area contributed by atoms with Gasteiger partial charge in [0, 0.05) is 16.8 Å². The highest BCUT2D eigenvalue weighted by Gasteiger charge is 2.13. The molecule has 3 rings (SSSR count). The molecule has 2 N–H and O–H groups in total. The lowest BCUT2D eigenvalue weighted by atomic mass is 10.1. The summed E-state index contributed by atoms with van der Waals surface area (Å²) in [5, 5.41) is 12.4. The van der Waals surface area contributed by atoms with Gasteiger partial charge in [-0.05, 0) is 64.5 Å². The average molecular weight is 437 g/mol. The van der Waals surface area contributed by atoms with E-state index in [1.54, 1.807) is 55.6 Å². The van der Waals surface area contributed by atoms with Gasteiger partial charge in [-0.1, -0.05) is 11.6 Å². The highest BCUT2D eigenvalue weighted by molar-refractivity contribution is 9.10. The number of hydrogen-bond donors (Lipinski definition) is 2. The molecule has 0 bridgehead atoms. The van der Waals surface area contributed by atoms with Gasteiger partial charge in [-0.25, -0.2) is 0 Å². The fraction of sp³-hybridized carbons (Fsp3) is 0.105. The molecule has 0 fully saturated rings. The largest absolute Gasteiger partial charge is 0.496 e. The molecule has 0 atom stereocenters. The zero-order valence-corrected chi connectivity index (χ0v) is 16.1. The molecule has 0 aliphatic rings. The van der Waals surface area contributed by atoms with Gasteiger partial charge < -0.3 is 19.6 Å². The zero-order valence-electron chi connectivity index (χ0n) is 13.8. The third-order valence-electron chi connectivity index (χ3n) is 3.72. The molecule has 0 aliphatic heterocycles. The number of methoxy groups -OCH3 is 1. The number of rotatable bonds is 5. The van der Waals surface area contributed by atoms with Crippen molar-refractivity contribution in [3.05, 3.63) is 69.3 Å². The van der Waals surface area contributed by atoms with E-state index in [0.29, 0.717) is 43.6 Å². The zero-order chi connectivity index (χ0) is 18.7. The molecule has 0 aliphatic carbocycles. The van der Waals surface area contributed by atoms with Crippen LogP contribution in [0.15, 0.2) is 57.4 Å². The first-order chi connectivity index (χ1) is 12.5. The summed E-state index contributed by atoms with van der Waals surface area (Å²) in [7, 11) is 1.56. The van der Waals surface area contributed by atoms with Gasteiger partial charge in [-0.15, -0.1) is 0 Å². The fourth-order valence-corrected chi connectivity index (χ4v) is 3.16. The monoisotopic (exact) mass is 435 g/mol. The summed E-state index contributed by atoms with van der Waals surface area (Å²) in [6, 6.07) is 13.6. The van der Waals surface area contributed by atoms with E-state index in [9.17, 15) is 4.79 Å². The normalized spacial score (nSPS) is 10.6. The van der Waals surface area contributed by atoms with E-state index in [-0.39, 0.29) is 12.5 Å². The van der Waals surface area contributed by atoms with Crippen LogP contribution in [0.5, 0.6) is 5.75 Å². The number of benzene rings is 2. The van der Waals surface area contributed by atoms with Crippen molar-refractivity contribution >= 4 is 39.1 Å². The minimum atomic E-state index is -0.267. The molecule has 5 nitrogen and oxygen atoms in total. The van der Waals surface area contributed by atoms with Crippen molar-refractivity contribution in [3.63, 3.8) is 0 Å². The van der Waals surface area contributed by atoms with Crippen molar-refractivity contribution in [3.8, 4) is 17.1 Å². The van der Waals surface area contributed by atoms with Gasteiger partial charge in [0.1, 0.15) is 23.9 Å². The maximum Gasteiger partial charge on any atom is 0.255 e. The van der Waals surface area contributed by atoms with Gasteiger partial charge in [0.2, 0.25) is 0 Å². The minimum Gasteiger partial charge on any atom is -0.496 e. The Bertz CT molecular complexity index is 954. The van der Waals surface area contributed by atoms with Crippen LogP contribution in [0.1, 0.15) is 16.1 Å². The van der Waals surface area contributed by atoms with E-state index in [4.69, 9.17) is 25.9 Å². The Morgan fingerprint density at radius 1 is 1.23 bits per heavy atom. The van der Waals surface area contributed by atoms with Crippen LogP contribution in [0, 0.1) is 0 Å². The number of carbonyl (C=O) groups is 1. The van der Waals surface area contributed by atoms with Gasteiger partial charge in [-0.3, -0.25) is 4.79 Å².